The highest BCUT2D eigenvalue weighted by Gasteiger charge is 2.07. The van der Waals surface area contributed by atoms with Gasteiger partial charge in [0.2, 0.25) is 0 Å². The van der Waals surface area contributed by atoms with Crippen molar-refractivity contribution in [1.82, 2.24) is 0 Å². The summed E-state index contributed by atoms with van der Waals surface area (Å²) in [5.74, 6) is 0.699. The first-order valence-corrected chi connectivity index (χ1v) is 4.73. The van der Waals surface area contributed by atoms with Gasteiger partial charge in [-0.25, -0.2) is 0 Å². The van der Waals surface area contributed by atoms with Gasteiger partial charge in [0.05, 0.1) is 6.26 Å². The van der Waals surface area contributed by atoms with E-state index >= 15 is 0 Å². The molecular formula is C12H12O3. The molecular weight excluding hydrogens is 192 g/mol. The molecule has 1 N–H and O–H groups in total. The van der Waals surface area contributed by atoms with Crippen molar-refractivity contribution in [2.45, 2.75) is 12.9 Å². The lowest BCUT2D eigenvalue weighted by atomic mass is 10.2. The predicted molar refractivity (Wildman–Crippen MR) is 54.9 cm³/mol. The molecule has 1 unspecified atom stereocenters. The number of ether oxygens (including phenoxy) is 1. The van der Waals surface area contributed by atoms with Crippen LogP contribution in [0, 0.1) is 0 Å². The zero-order chi connectivity index (χ0) is 10.5. The molecule has 1 aromatic heterocycles. The molecule has 78 valence electrons. The molecule has 0 aliphatic carbocycles. The molecule has 2 aromatic rings. The highest BCUT2D eigenvalue weighted by atomic mass is 16.6. The Labute approximate surface area is 87.9 Å². The second-order valence-electron chi connectivity index (χ2n) is 3.15. The normalized spacial score (nSPS) is 12.6. The summed E-state index contributed by atoms with van der Waals surface area (Å²) in [6.45, 7) is 0.267. The lowest BCUT2D eigenvalue weighted by Crippen LogP contribution is -2.02. The molecule has 0 fully saturated rings. The van der Waals surface area contributed by atoms with Crippen LogP contribution in [0.15, 0.2) is 53.1 Å². The van der Waals surface area contributed by atoms with Gasteiger partial charge in [0.1, 0.15) is 12.4 Å². The standard InChI is InChI=1S/C12H12O3/c13-12(10-5-2-1-3-6-10)15-9-11-7-4-8-14-11/h1-8,12-13H,9H2. The molecule has 0 spiro atoms. The van der Waals surface area contributed by atoms with Gasteiger partial charge in [-0.2, -0.15) is 0 Å². The summed E-state index contributed by atoms with van der Waals surface area (Å²) in [5.41, 5.74) is 0.740. The average Bonchev–Trinajstić information content (AvgIpc) is 2.80. The smallest absolute Gasteiger partial charge is 0.181 e. The highest BCUT2D eigenvalue weighted by Crippen LogP contribution is 2.15. The van der Waals surface area contributed by atoms with Crippen LogP contribution in [-0.4, -0.2) is 5.11 Å². The second kappa shape index (κ2) is 4.77. The Morgan fingerprint density at radius 3 is 2.60 bits per heavy atom. The van der Waals surface area contributed by atoms with Crippen molar-refractivity contribution >= 4 is 0 Å². The minimum absolute atomic E-state index is 0.267. The summed E-state index contributed by atoms with van der Waals surface area (Å²) in [6, 6.07) is 12.8. The molecule has 1 atom stereocenters. The Kier molecular flexibility index (Phi) is 3.17. The SMILES string of the molecule is OC(OCc1ccco1)c1ccccc1. The topological polar surface area (TPSA) is 42.6 Å². The van der Waals surface area contributed by atoms with Crippen molar-refractivity contribution in [3.63, 3.8) is 0 Å². The minimum Gasteiger partial charge on any atom is -0.467 e. The molecule has 2 rings (SSSR count). The van der Waals surface area contributed by atoms with E-state index in [0.717, 1.165) is 5.56 Å². The lowest BCUT2D eigenvalue weighted by molar-refractivity contribution is -0.115. The van der Waals surface area contributed by atoms with Gasteiger partial charge in [0.15, 0.2) is 6.29 Å². The summed E-state index contributed by atoms with van der Waals surface area (Å²) < 4.78 is 10.3. The largest absolute Gasteiger partial charge is 0.467 e. The third-order valence-electron chi connectivity index (χ3n) is 2.05. The fourth-order valence-corrected chi connectivity index (χ4v) is 1.27. The van der Waals surface area contributed by atoms with E-state index in [4.69, 9.17) is 9.15 Å². The number of hydrogen-bond acceptors (Lipinski definition) is 3. The van der Waals surface area contributed by atoms with Gasteiger partial charge in [0.25, 0.3) is 0 Å². The van der Waals surface area contributed by atoms with Gasteiger partial charge in [0, 0.05) is 5.56 Å². The fourth-order valence-electron chi connectivity index (χ4n) is 1.27. The first-order chi connectivity index (χ1) is 7.36. The van der Waals surface area contributed by atoms with Crippen LogP contribution in [0.4, 0.5) is 0 Å². The van der Waals surface area contributed by atoms with Crippen LogP contribution < -0.4 is 0 Å². The van der Waals surface area contributed by atoms with Crippen molar-refractivity contribution in [1.29, 1.82) is 0 Å². The molecule has 3 nitrogen and oxygen atoms in total. The van der Waals surface area contributed by atoms with E-state index in [1.54, 1.807) is 18.4 Å². The predicted octanol–water partition coefficient (Wildman–Crippen LogP) is 2.49. The maximum atomic E-state index is 9.66. The maximum Gasteiger partial charge on any atom is 0.181 e. The van der Waals surface area contributed by atoms with E-state index < -0.39 is 6.29 Å². The zero-order valence-corrected chi connectivity index (χ0v) is 8.17. The number of aliphatic hydroxyl groups is 1. The Balaban J connectivity index is 1.90. The summed E-state index contributed by atoms with van der Waals surface area (Å²) in [4.78, 5) is 0. The lowest BCUT2D eigenvalue weighted by Gasteiger charge is -2.10. The Morgan fingerprint density at radius 1 is 1.13 bits per heavy atom. The van der Waals surface area contributed by atoms with Crippen molar-refractivity contribution in [3.8, 4) is 0 Å². The quantitative estimate of drug-likeness (QED) is 0.778. The molecule has 15 heavy (non-hydrogen) atoms. The molecule has 0 radical (unpaired) electrons. The molecule has 3 heteroatoms. The summed E-state index contributed by atoms with van der Waals surface area (Å²) in [6.07, 6.45) is 0.671. The molecule has 1 heterocycles. The fraction of sp³-hybridized carbons (Fsp3) is 0.167. The van der Waals surface area contributed by atoms with Gasteiger partial charge in [-0.05, 0) is 12.1 Å². The summed E-state index contributed by atoms with van der Waals surface area (Å²) in [7, 11) is 0. The number of furan rings is 1. The number of benzene rings is 1. The van der Waals surface area contributed by atoms with Crippen molar-refractivity contribution < 1.29 is 14.3 Å². The van der Waals surface area contributed by atoms with Crippen molar-refractivity contribution in [2.75, 3.05) is 0 Å². The van der Waals surface area contributed by atoms with Crippen molar-refractivity contribution in [2.24, 2.45) is 0 Å². The molecule has 0 aliphatic rings. The van der Waals surface area contributed by atoms with Crippen LogP contribution in [0.1, 0.15) is 17.6 Å². The molecule has 0 amide bonds. The number of hydrogen-bond donors (Lipinski definition) is 1. The van der Waals surface area contributed by atoms with E-state index in [2.05, 4.69) is 0 Å². The monoisotopic (exact) mass is 204 g/mol. The average molecular weight is 204 g/mol. The first-order valence-electron chi connectivity index (χ1n) is 4.73. The Bertz CT molecular complexity index is 381. The van der Waals surface area contributed by atoms with Gasteiger partial charge in [-0.15, -0.1) is 0 Å². The summed E-state index contributed by atoms with van der Waals surface area (Å²) in [5, 5.41) is 9.66. The number of aliphatic hydroxyl groups excluding tert-OH is 1. The van der Waals surface area contributed by atoms with Crippen LogP contribution in [0.25, 0.3) is 0 Å². The molecule has 0 saturated heterocycles. The third kappa shape index (κ3) is 2.68. The van der Waals surface area contributed by atoms with Gasteiger partial charge < -0.3 is 14.3 Å². The van der Waals surface area contributed by atoms with Crippen LogP contribution in [0.5, 0.6) is 0 Å². The van der Waals surface area contributed by atoms with E-state index in [0.29, 0.717) is 5.76 Å². The first kappa shape index (κ1) is 9.96. The minimum atomic E-state index is -0.906. The van der Waals surface area contributed by atoms with E-state index in [-0.39, 0.29) is 6.61 Å². The second-order valence-corrected chi connectivity index (χ2v) is 3.15. The van der Waals surface area contributed by atoms with Crippen LogP contribution >= 0.6 is 0 Å². The van der Waals surface area contributed by atoms with E-state index in [9.17, 15) is 5.11 Å². The highest BCUT2D eigenvalue weighted by molar-refractivity contribution is 5.15. The van der Waals surface area contributed by atoms with Gasteiger partial charge >= 0.3 is 0 Å². The Hall–Kier alpha value is -1.58. The molecule has 1 aromatic carbocycles. The van der Waals surface area contributed by atoms with Crippen LogP contribution in [-0.2, 0) is 11.3 Å². The molecule has 0 aliphatic heterocycles. The number of rotatable bonds is 4. The zero-order valence-electron chi connectivity index (χ0n) is 8.17. The Morgan fingerprint density at radius 2 is 1.93 bits per heavy atom. The van der Waals surface area contributed by atoms with E-state index in [1.165, 1.54) is 0 Å². The summed E-state index contributed by atoms with van der Waals surface area (Å²) >= 11 is 0. The maximum absolute atomic E-state index is 9.66. The molecule has 0 bridgehead atoms. The third-order valence-corrected chi connectivity index (χ3v) is 2.05. The van der Waals surface area contributed by atoms with Gasteiger partial charge in [-0.1, -0.05) is 30.3 Å². The van der Waals surface area contributed by atoms with E-state index in [1.807, 2.05) is 30.3 Å². The van der Waals surface area contributed by atoms with Crippen LogP contribution in [0.2, 0.25) is 0 Å². The van der Waals surface area contributed by atoms with Crippen molar-refractivity contribution in [3.05, 3.63) is 60.1 Å². The van der Waals surface area contributed by atoms with Crippen LogP contribution in [0.3, 0.4) is 0 Å². The van der Waals surface area contributed by atoms with Gasteiger partial charge in [-0.3, -0.25) is 0 Å². The molecule has 0 saturated carbocycles.